The van der Waals surface area contributed by atoms with Crippen LogP contribution in [0.5, 0.6) is 0 Å². The number of halogens is 2. The fraction of sp³-hybridized carbons (Fsp3) is 0.292. The van der Waals surface area contributed by atoms with Crippen LogP contribution in [-0.2, 0) is 30.6 Å². The topological polar surface area (TPSA) is 9.23 Å². The second kappa shape index (κ2) is 11.2. The Morgan fingerprint density at radius 3 is 2.45 bits per heavy atom. The van der Waals surface area contributed by atoms with Crippen molar-refractivity contribution in [1.82, 2.24) is 0 Å². The van der Waals surface area contributed by atoms with Crippen molar-refractivity contribution < 1.29 is 55.4 Å². The number of hydrogen-bond donors (Lipinski definition) is 0. The molecule has 0 spiro atoms. The average Bonchev–Trinajstić information content (AvgIpc) is 3.22. The minimum absolute atomic E-state index is 0. The van der Waals surface area contributed by atoms with Crippen LogP contribution in [0.3, 0.4) is 0 Å². The number of hydrogen-bond acceptors (Lipinski definition) is 1. The van der Waals surface area contributed by atoms with Gasteiger partial charge in [-0.15, -0.1) is 33.7 Å². The summed E-state index contributed by atoms with van der Waals surface area (Å²) in [6.45, 7) is 7.65. The van der Waals surface area contributed by atoms with Crippen LogP contribution in [0, 0.1) is 0 Å². The van der Waals surface area contributed by atoms with E-state index < -0.39 is 8.32 Å². The Bertz CT molecular complexity index is 1010. The molecule has 0 heterocycles. The van der Waals surface area contributed by atoms with Crippen LogP contribution < -0.4 is 24.8 Å². The summed E-state index contributed by atoms with van der Waals surface area (Å²) in [4.78, 5) is 0. The Hall–Kier alpha value is -0.570. The van der Waals surface area contributed by atoms with Gasteiger partial charge in [0.25, 0.3) is 0 Å². The fourth-order valence-corrected chi connectivity index (χ4v) is 4.71. The van der Waals surface area contributed by atoms with E-state index in [-0.39, 0.29) is 51.0 Å². The molecule has 5 heteroatoms. The molecule has 0 fully saturated rings. The Morgan fingerprint density at radius 2 is 1.69 bits per heavy atom. The van der Waals surface area contributed by atoms with Crippen molar-refractivity contribution in [3.05, 3.63) is 71.8 Å². The molecule has 1 radical (unpaired) electrons. The van der Waals surface area contributed by atoms with Crippen LogP contribution in [0.25, 0.3) is 27.1 Å². The van der Waals surface area contributed by atoms with Gasteiger partial charge in [0.05, 0.1) is 0 Å². The maximum atomic E-state index is 6.03. The zero-order valence-electron chi connectivity index (χ0n) is 17.3. The van der Waals surface area contributed by atoms with Crippen LogP contribution in [0.15, 0.2) is 66.3 Å². The predicted molar refractivity (Wildman–Crippen MR) is 116 cm³/mol. The maximum absolute atomic E-state index is 6.03. The van der Waals surface area contributed by atoms with Crippen LogP contribution in [0.2, 0.25) is 19.6 Å². The SMILES string of the molecule is C[Si](C)(C)OCCCC1=C(c2cccc3c2[cH-]c2ccccc23)CC=C1.[Cl-].[Cl-].[Zr+3]. The monoisotopic (exact) mass is 519 g/mol. The molecule has 151 valence electrons. The molecule has 1 aliphatic rings. The molecule has 0 aromatic heterocycles. The third-order valence-corrected chi connectivity index (χ3v) is 6.21. The minimum atomic E-state index is -1.40. The van der Waals surface area contributed by atoms with Crippen LogP contribution in [-0.4, -0.2) is 14.9 Å². The number of benzene rings is 2. The summed E-state index contributed by atoms with van der Waals surface area (Å²) < 4.78 is 6.03. The summed E-state index contributed by atoms with van der Waals surface area (Å²) in [6, 6.07) is 17.8. The van der Waals surface area contributed by atoms with E-state index in [0.717, 1.165) is 25.9 Å². The molecule has 1 nitrogen and oxygen atoms in total. The standard InChI is InChI=1S/C24H27OSi.2ClH.Zr/c1-26(2,3)25-16-8-11-18-10-6-13-20(18)22-14-7-15-23-21-12-5-4-9-19(21)17-24(22)23;;;/h4-7,9-10,12,14-15,17H,8,11,13,16H2,1-3H3;2*1H;/q-1;;;+3/p-2. The van der Waals surface area contributed by atoms with Crippen molar-refractivity contribution in [2.24, 2.45) is 0 Å². The molecule has 1 aliphatic carbocycles. The van der Waals surface area contributed by atoms with Crippen molar-refractivity contribution in [3.63, 3.8) is 0 Å². The third kappa shape index (κ3) is 5.99. The second-order valence-electron chi connectivity index (χ2n) is 8.17. The Balaban J connectivity index is 0.00000140. The van der Waals surface area contributed by atoms with E-state index in [1.807, 2.05) is 0 Å². The Labute approximate surface area is 207 Å². The molecule has 3 aromatic rings. The normalized spacial score (nSPS) is 13.3. The second-order valence-corrected chi connectivity index (χ2v) is 12.7. The molecular formula is C24H27Cl2OSiZr. The van der Waals surface area contributed by atoms with Gasteiger partial charge >= 0.3 is 26.2 Å². The molecule has 4 rings (SSSR count). The Morgan fingerprint density at radius 1 is 0.966 bits per heavy atom. The van der Waals surface area contributed by atoms with E-state index in [9.17, 15) is 0 Å². The van der Waals surface area contributed by atoms with Gasteiger partial charge in [-0.1, -0.05) is 65.3 Å². The first-order chi connectivity index (χ1) is 12.5. The molecule has 3 aromatic carbocycles. The average molecular weight is 522 g/mol. The van der Waals surface area contributed by atoms with Crippen molar-refractivity contribution in [2.75, 3.05) is 6.61 Å². The molecule has 0 bridgehead atoms. The third-order valence-electron chi connectivity index (χ3n) is 5.14. The fourth-order valence-electron chi connectivity index (χ4n) is 3.95. The van der Waals surface area contributed by atoms with E-state index in [0.29, 0.717) is 0 Å². The van der Waals surface area contributed by atoms with Gasteiger partial charge < -0.3 is 29.2 Å². The summed E-state index contributed by atoms with van der Waals surface area (Å²) in [6.07, 6.45) is 7.89. The smallest absolute Gasteiger partial charge is 1.00 e. The molecule has 0 saturated heterocycles. The zero-order chi connectivity index (χ0) is 18.1. The van der Waals surface area contributed by atoms with Crippen LogP contribution in [0.1, 0.15) is 24.8 Å². The van der Waals surface area contributed by atoms with Crippen molar-refractivity contribution >= 4 is 35.4 Å². The summed E-state index contributed by atoms with van der Waals surface area (Å²) in [5, 5.41) is 5.47. The molecule has 0 amide bonds. The van der Waals surface area contributed by atoms with E-state index in [1.165, 1.54) is 38.3 Å². The largest absolute Gasteiger partial charge is 3.00 e. The molecule has 29 heavy (non-hydrogen) atoms. The van der Waals surface area contributed by atoms with Gasteiger partial charge in [-0.25, -0.2) is 0 Å². The number of allylic oxidation sites excluding steroid dienone is 4. The first kappa shape index (κ1) is 26.5. The summed E-state index contributed by atoms with van der Waals surface area (Å²) >= 11 is 0. The number of fused-ring (bicyclic) bond motifs is 3. The maximum Gasteiger partial charge on any atom is 3.00 e. The van der Waals surface area contributed by atoms with Crippen LogP contribution >= 0.6 is 0 Å². The molecule has 0 aliphatic heterocycles. The quantitative estimate of drug-likeness (QED) is 0.268. The van der Waals surface area contributed by atoms with Crippen molar-refractivity contribution in [1.29, 1.82) is 0 Å². The Kier molecular flexibility index (Phi) is 10.2. The summed E-state index contributed by atoms with van der Waals surface area (Å²) in [7, 11) is -1.40. The van der Waals surface area contributed by atoms with Gasteiger partial charge in [0.15, 0.2) is 8.32 Å². The van der Waals surface area contributed by atoms with Crippen molar-refractivity contribution in [3.8, 4) is 0 Å². The van der Waals surface area contributed by atoms with E-state index in [4.69, 9.17) is 4.43 Å². The predicted octanol–water partition coefficient (Wildman–Crippen LogP) is 1.06. The summed E-state index contributed by atoms with van der Waals surface area (Å²) in [5.74, 6) is 0. The van der Waals surface area contributed by atoms with E-state index in [1.54, 1.807) is 0 Å². The first-order valence-corrected chi connectivity index (χ1v) is 13.0. The van der Waals surface area contributed by atoms with Gasteiger partial charge in [0, 0.05) is 6.61 Å². The van der Waals surface area contributed by atoms with Gasteiger partial charge in [-0.2, -0.15) is 0 Å². The van der Waals surface area contributed by atoms with Crippen LogP contribution in [0.4, 0.5) is 0 Å². The van der Waals surface area contributed by atoms with Gasteiger partial charge in [0.2, 0.25) is 0 Å². The molecule has 0 saturated carbocycles. The van der Waals surface area contributed by atoms with E-state index in [2.05, 4.69) is 80.3 Å². The van der Waals surface area contributed by atoms with Crippen molar-refractivity contribution in [2.45, 2.75) is 38.9 Å². The van der Waals surface area contributed by atoms with Gasteiger partial charge in [-0.3, -0.25) is 0 Å². The molecule has 0 atom stereocenters. The summed E-state index contributed by atoms with van der Waals surface area (Å²) in [5.41, 5.74) is 4.39. The number of rotatable bonds is 6. The zero-order valence-corrected chi connectivity index (χ0v) is 22.2. The molecular weight excluding hydrogens is 494 g/mol. The van der Waals surface area contributed by atoms with Gasteiger partial charge in [0.1, 0.15) is 0 Å². The first-order valence-electron chi connectivity index (χ1n) is 9.63. The van der Waals surface area contributed by atoms with Gasteiger partial charge in [-0.05, 0) is 38.9 Å². The minimum Gasteiger partial charge on any atom is -1.00 e. The molecule has 0 N–H and O–H groups in total. The van der Waals surface area contributed by atoms with E-state index >= 15 is 0 Å². The molecule has 0 unspecified atom stereocenters.